The summed E-state index contributed by atoms with van der Waals surface area (Å²) < 4.78 is 36.5. The Balaban J connectivity index is 3.23. The highest BCUT2D eigenvalue weighted by Gasteiger charge is 2.16. The van der Waals surface area contributed by atoms with Gasteiger partial charge in [-0.05, 0) is 6.07 Å². The lowest BCUT2D eigenvalue weighted by atomic mass is 10.3. The lowest BCUT2D eigenvalue weighted by molar-refractivity contribution is 0.146. The maximum Gasteiger partial charge on any atom is 0.282 e. The summed E-state index contributed by atoms with van der Waals surface area (Å²) in [6.07, 6.45) is -2.89. The van der Waals surface area contributed by atoms with Crippen LogP contribution in [-0.2, 0) is 0 Å². The van der Waals surface area contributed by atoms with Gasteiger partial charge in [-0.1, -0.05) is 11.6 Å². The van der Waals surface area contributed by atoms with Crippen LogP contribution in [0.2, 0.25) is 5.02 Å². The Morgan fingerprint density at radius 3 is 2.58 bits per heavy atom. The quantitative estimate of drug-likeness (QED) is 0.701. The Hall–Kier alpha value is -0.970. The zero-order valence-electron chi connectivity index (χ0n) is 5.69. The molecule has 6 heteroatoms. The molecule has 0 saturated heterocycles. The Bertz CT molecular complexity index is 303. The molecule has 1 aromatic heterocycles. The second-order valence-electron chi connectivity index (χ2n) is 2.04. The van der Waals surface area contributed by atoms with Crippen molar-refractivity contribution in [3.8, 4) is 0 Å². The predicted octanol–water partition coefficient (Wildman–Crippen LogP) is 2.39. The summed E-state index contributed by atoms with van der Waals surface area (Å²) in [4.78, 5) is 2.90. The Kier molecular flexibility index (Phi) is 2.42. The molecule has 0 amide bonds. The van der Waals surface area contributed by atoms with E-state index in [9.17, 15) is 13.2 Å². The second kappa shape index (κ2) is 3.18. The summed E-state index contributed by atoms with van der Waals surface area (Å²) in [5.41, 5.74) is 4.01. The monoisotopic (exact) mass is 196 g/mol. The SMILES string of the molecule is Nc1cc(Cl)c(F)nc1C(F)F. The molecule has 0 aliphatic heterocycles. The van der Waals surface area contributed by atoms with Crippen LogP contribution in [0.1, 0.15) is 12.1 Å². The Morgan fingerprint density at radius 1 is 1.50 bits per heavy atom. The first-order valence-electron chi connectivity index (χ1n) is 2.92. The van der Waals surface area contributed by atoms with Crippen molar-refractivity contribution in [2.45, 2.75) is 6.43 Å². The maximum absolute atomic E-state index is 12.5. The molecule has 0 unspecified atom stereocenters. The van der Waals surface area contributed by atoms with Gasteiger partial charge in [-0.25, -0.2) is 13.8 Å². The minimum Gasteiger partial charge on any atom is -0.397 e. The van der Waals surface area contributed by atoms with Gasteiger partial charge in [-0.3, -0.25) is 0 Å². The van der Waals surface area contributed by atoms with E-state index in [1.807, 2.05) is 0 Å². The highest BCUT2D eigenvalue weighted by molar-refractivity contribution is 6.30. The predicted molar refractivity (Wildman–Crippen MR) is 38.6 cm³/mol. The van der Waals surface area contributed by atoms with Gasteiger partial charge in [0.2, 0.25) is 5.95 Å². The smallest absolute Gasteiger partial charge is 0.282 e. The number of hydrogen-bond donors (Lipinski definition) is 1. The van der Waals surface area contributed by atoms with Gasteiger partial charge in [0.05, 0.1) is 10.7 Å². The molecule has 1 rings (SSSR count). The van der Waals surface area contributed by atoms with E-state index >= 15 is 0 Å². The highest BCUT2D eigenvalue weighted by Crippen LogP contribution is 2.26. The average molecular weight is 197 g/mol. The first kappa shape index (κ1) is 9.12. The third-order valence-corrected chi connectivity index (χ3v) is 1.47. The zero-order valence-corrected chi connectivity index (χ0v) is 6.45. The number of rotatable bonds is 1. The largest absolute Gasteiger partial charge is 0.397 e. The number of nitrogens with zero attached hydrogens (tertiary/aromatic N) is 1. The van der Waals surface area contributed by atoms with Gasteiger partial charge in [0.25, 0.3) is 6.43 Å². The molecule has 0 radical (unpaired) electrons. The third-order valence-electron chi connectivity index (χ3n) is 1.20. The third kappa shape index (κ3) is 1.61. The van der Waals surface area contributed by atoms with Crippen LogP contribution in [-0.4, -0.2) is 4.98 Å². The van der Waals surface area contributed by atoms with Crippen LogP contribution < -0.4 is 5.73 Å². The van der Waals surface area contributed by atoms with Crippen LogP contribution in [0, 0.1) is 5.95 Å². The molecule has 0 bridgehead atoms. The molecule has 0 saturated carbocycles. The van der Waals surface area contributed by atoms with Gasteiger partial charge in [0.15, 0.2) is 0 Å². The number of anilines is 1. The molecular weight excluding hydrogens is 193 g/mol. The average Bonchev–Trinajstić information content (AvgIpc) is 1.96. The van der Waals surface area contributed by atoms with Gasteiger partial charge in [0, 0.05) is 0 Å². The van der Waals surface area contributed by atoms with Crippen molar-refractivity contribution in [2.75, 3.05) is 5.73 Å². The fraction of sp³-hybridized carbons (Fsp3) is 0.167. The molecule has 2 nitrogen and oxygen atoms in total. The van der Waals surface area contributed by atoms with E-state index in [1.165, 1.54) is 0 Å². The van der Waals surface area contributed by atoms with Gasteiger partial charge < -0.3 is 5.73 Å². The second-order valence-corrected chi connectivity index (χ2v) is 2.44. The van der Waals surface area contributed by atoms with Crippen molar-refractivity contribution in [1.82, 2.24) is 4.98 Å². The van der Waals surface area contributed by atoms with Crippen molar-refractivity contribution in [2.24, 2.45) is 0 Å². The number of nitrogens with two attached hydrogens (primary N) is 1. The molecular formula is C6H4ClF3N2. The number of alkyl halides is 2. The van der Waals surface area contributed by atoms with Gasteiger partial charge in [-0.15, -0.1) is 0 Å². The van der Waals surface area contributed by atoms with E-state index in [-0.39, 0.29) is 10.7 Å². The molecule has 0 fully saturated rings. The van der Waals surface area contributed by atoms with Crippen LogP contribution >= 0.6 is 11.6 Å². The van der Waals surface area contributed by atoms with E-state index in [2.05, 4.69) is 4.98 Å². The maximum atomic E-state index is 12.5. The van der Waals surface area contributed by atoms with Crippen LogP contribution in [0.5, 0.6) is 0 Å². The molecule has 0 aliphatic rings. The van der Waals surface area contributed by atoms with Crippen molar-refractivity contribution >= 4 is 17.3 Å². The van der Waals surface area contributed by atoms with E-state index < -0.39 is 18.1 Å². The van der Waals surface area contributed by atoms with Crippen LogP contribution in [0.3, 0.4) is 0 Å². The molecule has 1 aromatic rings. The minimum absolute atomic E-state index is 0.309. The van der Waals surface area contributed by atoms with Crippen LogP contribution in [0.15, 0.2) is 6.07 Å². The molecule has 0 aliphatic carbocycles. The van der Waals surface area contributed by atoms with Gasteiger partial charge >= 0.3 is 0 Å². The zero-order chi connectivity index (χ0) is 9.30. The van der Waals surface area contributed by atoms with Crippen LogP contribution in [0.4, 0.5) is 18.9 Å². The number of hydrogen-bond acceptors (Lipinski definition) is 2. The van der Waals surface area contributed by atoms with E-state index in [0.29, 0.717) is 0 Å². The topological polar surface area (TPSA) is 38.9 Å². The van der Waals surface area contributed by atoms with E-state index in [4.69, 9.17) is 17.3 Å². The molecule has 0 spiro atoms. The summed E-state index contributed by atoms with van der Waals surface area (Å²) in [5, 5.41) is -0.364. The summed E-state index contributed by atoms with van der Waals surface area (Å²) in [5.74, 6) is -1.14. The number of halogens is 4. The summed E-state index contributed by atoms with van der Waals surface area (Å²) >= 11 is 5.23. The Labute approximate surface area is 71.2 Å². The lowest BCUT2D eigenvalue weighted by Gasteiger charge is -2.03. The van der Waals surface area contributed by atoms with E-state index in [0.717, 1.165) is 6.07 Å². The lowest BCUT2D eigenvalue weighted by Crippen LogP contribution is -2.00. The highest BCUT2D eigenvalue weighted by atomic mass is 35.5. The fourth-order valence-electron chi connectivity index (χ4n) is 0.669. The molecule has 2 N–H and O–H groups in total. The molecule has 12 heavy (non-hydrogen) atoms. The van der Waals surface area contributed by atoms with Crippen molar-refractivity contribution in [1.29, 1.82) is 0 Å². The van der Waals surface area contributed by atoms with Crippen molar-refractivity contribution < 1.29 is 13.2 Å². The van der Waals surface area contributed by atoms with Gasteiger partial charge in [0.1, 0.15) is 5.69 Å². The minimum atomic E-state index is -2.89. The molecule has 0 atom stereocenters. The van der Waals surface area contributed by atoms with E-state index in [1.54, 1.807) is 0 Å². The fourth-order valence-corrected chi connectivity index (χ4v) is 0.828. The molecule has 66 valence electrons. The first-order chi connectivity index (χ1) is 5.52. The normalized spacial score (nSPS) is 10.8. The first-order valence-corrected chi connectivity index (χ1v) is 3.29. The Morgan fingerprint density at radius 2 is 2.08 bits per heavy atom. The molecule has 0 aromatic carbocycles. The van der Waals surface area contributed by atoms with Crippen molar-refractivity contribution in [3.05, 3.63) is 22.7 Å². The standard InChI is InChI=1S/C6H4ClF3N2/c7-2-1-3(11)4(5(8)9)12-6(2)10/h1,5H,11H2. The summed E-state index contributed by atoms with van der Waals surface area (Å²) in [6, 6.07) is 0.908. The number of pyridine rings is 1. The summed E-state index contributed by atoms with van der Waals surface area (Å²) in [7, 11) is 0. The number of nitrogen functional groups attached to an aromatic ring is 1. The summed E-state index contributed by atoms with van der Waals surface area (Å²) in [6.45, 7) is 0. The van der Waals surface area contributed by atoms with Gasteiger partial charge in [-0.2, -0.15) is 4.39 Å². The number of aromatic nitrogens is 1. The molecule has 1 heterocycles. The van der Waals surface area contributed by atoms with Crippen LogP contribution in [0.25, 0.3) is 0 Å². The van der Waals surface area contributed by atoms with Crippen molar-refractivity contribution in [3.63, 3.8) is 0 Å².